The summed E-state index contributed by atoms with van der Waals surface area (Å²) in [6.45, 7) is 5.85. The van der Waals surface area contributed by atoms with Crippen LogP contribution in [0, 0.1) is 0 Å². The highest BCUT2D eigenvalue weighted by atomic mass is 16.2. The molecule has 2 atom stereocenters. The van der Waals surface area contributed by atoms with E-state index in [1.165, 1.54) is 0 Å². The van der Waals surface area contributed by atoms with E-state index in [2.05, 4.69) is 24.5 Å². The van der Waals surface area contributed by atoms with Crippen molar-refractivity contribution in [2.75, 3.05) is 19.8 Å². The fourth-order valence-electron chi connectivity index (χ4n) is 2.49. The summed E-state index contributed by atoms with van der Waals surface area (Å²) in [5.74, 6) is 0.781. The average Bonchev–Trinajstić information content (AvgIpc) is 2.85. The van der Waals surface area contributed by atoms with Gasteiger partial charge in [0.1, 0.15) is 5.82 Å². The maximum atomic E-state index is 11.7. The van der Waals surface area contributed by atoms with Gasteiger partial charge in [0.25, 0.3) is 0 Å². The zero-order chi connectivity index (χ0) is 14.7. The van der Waals surface area contributed by atoms with Gasteiger partial charge in [0.2, 0.25) is 0 Å². The fourth-order valence-corrected chi connectivity index (χ4v) is 2.49. The molecule has 112 valence electrons. The standard InChI is InChI=1S/C13H24N6O/c1-9(2)19(8-14)12(15)10-4-3-5-11(17-10)18-7-6-16-13(18)20/h3-5,9-10,12,17H,6-8,14-15H2,1-2H3,(H,16,20). The molecule has 1 saturated heterocycles. The average molecular weight is 280 g/mol. The zero-order valence-electron chi connectivity index (χ0n) is 12.0. The molecule has 0 spiro atoms. The highest BCUT2D eigenvalue weighted by Crippen LogP contribution is 2.14. The molecule has 2 rings (SSSR count). The predicted octanol–water partition coefficient (Wildman–Crippen LogP) is -0.708. The van der Waals surface area contributed by atoms with Gasteiger partial charge >= 0.3 is 6.03 Å². The van der Waals surface area contributed by atoms with Gasteiger partial charge in [-0.2, -0.15) is 0 Å². The summed E-state index contributed by atoms with van der Waals surface area (Å²) in [6, 6.07) is 0.106. The van der Waals surface area contributed by atoms with Crippen LogP contribution >= 0.6 is 0 Å². The first kappa shape index (κ1) is 14.8. The van der Waals surface area contributed by atoms with E-state index in [9.17, 15) is 4.79 Å². The van der Waals surface area contributed by atoms with Crippen LogP contribution in [0.3, 0.4) is 0 Å². The second-order valence-corrected chi connectivity index (χ2v) is 5.27. The number of amides is 2. The number of nitrogens with zero attached hydrogens (tertiary/aromatic N) is 2. The molecule has 0 bridgehead atoms. The molecule has 1 fully saturated rings. The Kier molecular flexibility index (Phi) is 4.64. The summed E-state index contributed by atoms with van der Waals surface area (Å²) in [5.41, 5.74) is 12.1. The van der Waals surface area contributed by atoms with Gasteiger partial charge in [-0.1, -0.05) is 12.2 Å². The van der Waals surface area contributed by atoms with E-state index in [0.29, 0.717) is 19.8 Å². The van der Waals surface area contributed by atoms with Gasteiger partial charge < -0.3 is 22.1 Å². The number of hydrogen-bond acceptors (Lipinski definition) is 5. The minimum atomic E-state index is -0.245. The van der Waals surface area contributed by atoms with Crippen molar-refractivity contribution >= 4 is 6.03 Å². The quantitative estimate of drug-likeness (QED) is 0.499. The highest BCUT2D eigenvalue weighted by Gasteiger charge is 2.29. The van der Waals surface area contributed by atoms with Crippen LogP contribution in [0.4, 0.5) is 4.79 Å². The maximum Gasteiger partial charge on any atom is 0.323 e. The normalized spacial score (nSPS) is 23.9. The number of carbonyl (C=O) groups excluding carboxylic acids is 1. The third kappa shape index (κ3) is 2.95. The van der Waals surface area contributed by atoms with Crippen LogP contribution in [0.5, 0.6) is 0 Å². The van der Waals surface area contributed by atoms with E-state index in [0.717, 1.165) is 5.82 Å². The minimum absolute atomic E-state index is 0.0747. The number of nitrogens with one attached hydrogen (secondary N) is 2. The number of rotatable bonds is 5. The second kappa shape index (κ2) is 6.25. The summed E-state index contributed by atoms with van der Waals surface area (Å²) in [5, 5.41) is 6.10. The van der Waals surface area contributed by atoms with E-state index < -0.39 is 0 Å². The maximum absolute atomic E-state index is 11.7. The lowest BCUT2D eigenvalue weighted by molar-refractivity contribution is 0.139. The highest BCUT2D eigenvalue weighted by molar-refractivity contribution is 5.78. The van der Waals surface area contributed by atoms with Gasteiger partial charge in [-0.15, -0.1) is 0 Å². The molecule has 0 saturated carbocycles. The predicted molar refractivity (Wildman–Crippen MR) is 78.3 cm³/mol. The van der Waals surface area contributed by atoms with E-state index in [1.54, 1.807) is 4.90 Å². The van der Waals surface area contributed by atoms with Crippen molar-refractivity contribution in [2.24, 2.45) is 11.5 Å². The largest absolute Gasteiger partial charge is 0.362 e. The molecule has 2 aliphatic heterocycles. The molecule has 2 aliphatic rings. The van der Waals surface area contributed by atoms with E-state index in [-0.39, 0.29) is 24.3 Å². The Balaban J connectivity index is 2.04. The molecule has 2 amide bonds. The van der Waals surface area contributed by atoms with Crippen molar-refractivity contribution < 1.29 is 4.79 Å². The molecule has 7 nitrogen and oxygen atoms in total. The molecular formula is C13H24N6O. The summed E-state index contributed by atoms with van der Waals surface area (Å²) in [6.07, 6.45) is 5.56. The number of allylic oxidation sites excluding steroid dienone is 2. The van der Waals surface area contributed by atoms with Crippen LogP contribution in [-0.2, 0) is 0 Å². The number of nitrogens with two attached hydrogens (primary N) is 2. The van der Waals surface area contributed by atoms with Crippen LogP contribution in [0.1, 0.15) is 13.8 Å². The van der Waals surface area contributed by atoms with Gasteiger partial charge in [-0.25, -0.2) is 4.79 Å². The van der Waals surface area contributed by atoms with Crippen molar-refractivity contribution in [3.05, 3.63) is 24.0 Å². The van der Waals surface area contributed by atoms with Crippen LogP contribution in [0.2, 0.25) is 0 Å². The van der Waals surface area contributed by atoms with Crippen LogP contribution in [0.25, 0.3) is 0 Å². The minimum Gasteiger partial charge on any atom is -0.362 e. The third-order valence-electron chi connectivity index (χ3n) is 3.66. The molecule has 2 heterocycles. The number of carbonyl (C=O) groups is 1. The Morgan fingerprint density at radius 1 is 1.55 bits per heavy atom. The monoisotopic (exact) mass is 280 g/mol. The van der Waals surface area contributed by atoms with Crippen LogP contribution in [0.15, 0.2) is 24.0 Å². The van der Waals surface area contributed by atoms with Crippen molar-refractivity contribution in [3.63, 3.8) is 0 Å². The van der Waals surface area contributed by atoms with Crippen molar-refractivity contribution in [1.82, 2.24) is 20.4 Å². The molecule has 0 aliphatic carbocycles. The Bertz CT molecular complexity index is 419. The number of urea groups is 1. The summed E-state index contributed by atoms with van der Waals surface area (Å²) in [4.78, 5) is 15.4. The molecule has 0 aromatic rings. The zero-order valence-corrected chi connectivity index (χ0v) is 12.0. The second-order valence-electron chi connectivity index (χ2n) is 5.27. The molecule has 2 unspecified atom stereocenters. The van der Waals surface area contributed by atoms with Gasteiger partial charge in [-0.3, -0.25) is 9.80 Å². The molecule has 6 N–H and O–H groups in total. The molecular weight excluding hydrogens is 256 g/mol. The van der Waals surface area contributed by atoms with Crippen molar-refractivity contribution in [2.45, 2.75) is 32.1 Å². The lowest BCUT2D eigenvalue weighted by atomic mass is 10.1. The third-order valence-corrected chi connectivity index (χ3v) is 3.66. The smallest absolute Gasteiger partial charge is 0.323 e. The fraction of sp³-hybridized carbons (Fsp3) is 0.615. The molecule has 7 heteroatoms. The molecule has 0 aromatic carbocycles. The van der Waals surface area contributed by atoms with Gasteiger partial charge in [0.15, 0.2) is 0 Å². The summed E-state index contributed by atoms with van der Waals surface area (Å²) >= 11 is 0. The SMILES string of the molecule is CC(C)N(CN)C(N)C1C=CC=C(N2CCNC2=O)N1. The van der Waals surface area contributed by atoms with Gasteiger partial charge in [-0.05, 0) is 19.9 Å². The Morgan fingerprint density at radius 3 is 2.85 bits per heavy atom. The lowest BCUT2D eigenvalue weighted by Gasteiger charge is -2.37. The van der Waals surface area contributed by atoms with E-state index in [4.69, 9.17) is 11.5 Å². The van der Waals surface area contributed by atoms with Gasteiger partial charge in [0, 0.05) is 25.8 Å². The topological polar surface area (TPSA) is 99.7 Å². The first-order valence-electron chi connectivity index (χ1n) is 6.96. The van der Waals surface area contributed by atoms with Crippen molar-refractivity contribution in [1.29, 1.82) is 0 Å². The van der Waals surface area contributed by atoms with E-state index in [1.807, 2.05) is 23.1 Å². The Labute approximate surface area is 119 Å². The van der Waals surface area contributed by atoms with Crippen LogP contribution in [-0.4, -0.2) is 53.8 Å². The summed E-state index contributed by atoms with van der Waals surface area (Å²) in [7, 11) is 0. The molecule has 20 heavy (non-hydrogen) atoms. The van der Waals surface area contributed by atoms with E-state index >= 15 is 0 Å². The van der Waals surface area contributed by atoms with Crippen LogP contribution < -0.4 is 22.1 Å². The number of hydrogen-bond donors (Lipinski definition) is 4. The first-order valence-corrected chi connectivity index (χ1v) is 6.96. The Morgan fingerprint density at radius 2 is 2.30 bits per heavy atom. The molecule has 0 radical (unpaired) electrons. The molecule has 0 aromatic heterocycles. The summed E-state index contributed by atoms with van der Waals surface area (Å²) < 4.78 is 0. The van der Waals surface area contributed by atoms with Gasteiger partial charge in [0.05, 0.1) is 12.2 Å². The first-order chi connectivity index (χ1) is 9.54. The van der Waals surface area contributed by atoms with Crippen molar-refractivity contribution in [3.8, 4) is 0 Å². The number of dihydropyridines is 1. The lowest BCUT2D eigenvalue weighted by Crippen LogP contribution is -2.59. The Hall–Kier alpha value is -1.57.